The number of carbonyl (C=O) groups is 1. The van der Waals surface area contributed by atoms with Crippen LogP contribution in [0, 0.1) is 0 Å². The van der Waals surface area contributed by atoms with E-state index >= 15 is 0 Å². The third kappa shape index (κ3) is 2.18. The zero-order valence-electron chi connectivity index (χ0n) is 11.5. The topological polar surface area (TPSA) is 22.0 Å². The number of nitrogens with zero attached hydrogens (tertiary/aromatic N) is 1. The molecule has 2 heterocycles. The fourth-order valence-corrected chi connectivity index (χ4v) is 4.43. The maximum Gasteiger partial charge on any atom is 0.152 e. The van der Waals surface area contributed by atoms with Crippen LogP contribution in [0.15, 0.2) is 59.6 Å². The number of hydrogen-bond acceptors (Lipinski definition) is 2. The Kier molecular flexibility index (Phi) is 3.08. The molecule has 0 spiro atoms. The van der Waals surface area contributed by atoms with Crippen LogP contribution in [0.2, 0.25) is 0 Å². The molecule has 1 aliphatic heterocycles. The van der Waals surface area contributed by atoms with Crippen LogP contribution < -0.4 is 0 Å². The van der Waals surface area contributed by atoms with Crippen LogP contribution in [0.4, 0.5) is 0 Å². The summed E-state index contributed by atoms with van der Waals surface area (Å²) in [4.78, 5) is 12.7. The predicted molar refractivity (Wildman–Crippen MR) is 87.1 cm³/mol. The Morgan fingerprint density at radius 1 is 1.14 bits per heavy atom. The Hall–Kier alpha value is -2.00. The maximum absolute atomic E-state index is 11.3. The van der Waals surface area contributed by atoms with Crippen LogP contribution >= 0.6 is 11.8 Å². The Labute approximate surface area is 127 Å². The summed E-state index contributed by atoms with van der Waals surface area (Å²) >= 11 is 1.95. The van der Waals surface area contributed by atoms with Gasteiger partial charge in [0.25, 0.3) is 0 Å². The number of aromatic nitrogens is 1. The van der Waals surface area contributed by atoms with Gasteiger partial charge in [0, 0.05) is 33.8 Å². The monoisotopic (exact) mass is 293 g/mol. The van der Waals surface area contributed by atoms with Gasteiger partial charge in [-0.05, 0) is 30.2 Å². The first-order valence-corrected chi connectivity index (χ1v) is 8.01. The van der Waals surface area contributed by atoms with Crippen molar-refractivity contribution >= 4 is 29.0 Å². The minimum atomic E-state index is 0.540. The zero-order chi connectivity index (χ0) is 14.2. The molecule has 0 amide bonds. The average molecular weight is 293 g/mol. The minimum Gasteiger partial charge on any atom is -0.346 e. The number of thioether (sulfide) groups is 1. The molecular weight excluding hydrogens is 278 g/mol. The van der Waals surface area contributed by atoms with E-state index in [0.29, 0.717) is 5.25 Å². The molecule has 104 valence electrons. The highest BCUT2D eigenvalue weighted by molar-refractivity contribution is 8.00. The van der Waals surface area contributed by atoms with Crippen molar-refractivity contribution in [3.05, 3.63) is 65.9 Å². The number of fused-ring (bicyclic) bond motifs is 2. The summed E-state index contributed by atoms with van der Waals surface area (Å²) in [6.45, 7) is 0.938. The molecule has 1 unspecified atom stereocenters. The van der Waals surface area contributed by atoms with E-state index in [9.17, 15) is 4.79 Å². The van der Waals surface area contributed by atoms with Crippen LogP contribution in [0.3, 0.4) is 0 Å². The van der Waals surface area contributed by atoms with Crippen LogP contribution in [-0.2, 0) is 13.0 Å². The molecule has 0 fully saturated rings. The SMILES string of the molecule is O=Cc1cccc2ccn(CC3Cc4ccccc4S3)c12. The number of hydrogen-bond donors (Lipinski definition) is 0. The van der Waals surface area contributed by atoms with Crippen molar-refractivity contribution in [1.82, 2.24) is 4.57 Å². The standard InChI is InChI=1S/C18H15NOS/c20-12-15-6-3-5-13-8-9-19(18(13)15)11-16-10-14-4-1-2-7-17(14)21-16/h1-9,12,16H,10-11H2. The second-order valence-electron chi connectivity index (χ2n) is 5.42. The Morgan fingerprint density at radius 2 is 2.05 bits per heavy atom. The number of benzene rings is 2. The van der Waals surface area contributed by atoms with Gasteiger partial charge in [0.05, 0.1) is 5.52 Å². The molecule has 21 heavy (non-hydrogen) atoms. The molecule has 1 aliphatic rings. The molecule has 2 nitrogen and oxygen atoms in total. The number of para-hydroxylation sites is 1. The average Bonchev–Trinajstić information content (AvgIpc) is 3.11. The fraction of sp³-hybridized carbons (Fsp3) is 0.167. The summed E-state index contributed by atoms with van der Waals surface area (Å²) in [5.74, 6) is 0. The maximum atomic E-state index is 11.3. The summed E-state index contributed by atoms with van der Waals surface area (Å²) in [5, 5.41) is 1.68. The third-order valence-electron chi connectivity index (χ3n) is 4.06. The van der Waals surface area contributed by atoms with E-state index in [1.54, 1.807) is 0 Å². The molecule has 1 aromatic heterocycles. The van der Waals surface area contributed by atoms with Crippen molar-refractivity contribution in [2.45, 2.75) is 23.1 Å². The highest BCUT2D eigenvalue weighted by Gasteiger charge is 2.22. The molecule has 3 aromatic rings. The van der Waals surface area contributed by atoms with Gasteiger partial charge in [-0.3, -0.25) is 4.79 Å². The first kappa shape index (κ1) is 12.7. The van der Waals surface area contributed by atoms with E-state index in [2.05, 4.69) is 47.2 Å². The molecular formula is C18H15NOS. The second kappa shape index (κ2) is 5.08. The van der Waals surface area contributed by atoms with E-state index in [-0.39, 0.29) is 0 Å². The van der Waals surface area contributed by atoms with Gasteiger partial charge < -0.3 is 4.57 Å². The molecule has 0 saturated heterocycles. The lowest BCUT2D eigenvalue weighted by Crippen LogP contribution is -2.11. The largest absolute Gasteiger partial charge is 0.346 e. The van der Waals surface area contributed by atoms with Crippen molar-refractivity contribution in [1.29, 1.82) is 0 Å². The molecule has 0 N–H and O–H groups in total. The molecule has 4 rings (SSSR count). The number of rotatable bonds is 3. The van der Waals surface area contributed by atoms with E-state index in [1.165, 1.54) is 10.5 Å². The summed E-state index contributed by atoms with van der Waals surface area (Å²) in [5.41, 5.74) is 3.28. The van der Waals surface area contributed by atoms with Gasteiger partial charge in [0.1, 0.15) is 0 Å². The molecule has 0 aliphatic carbocycles. The Bertz CT molecular complexity index is 796. The Morgan fingerprint density at radius 3 is 2.90 bits per heavy atom. The molecule has 0 saturated carbocycles. The molecule has 0 radical (unpaired) electrons. The Balaban J connectivity index is 1.66. The minimum absolute atomic E-state index is 0.540. The molecule has 3 heteroatoms. The van der Waals surface area contributed by atoms with Crippen LogP contribution in [0.25, 0.3) is 10.9 Å². The smallest absolute Gasteiger partial charge is 0.152 e. The lowest BCUT2D eigenvalue weighted by Gasteiger charge is -2.12. The summed E-state index contributed by atoms with van der Waals surface area (Å²) in [6.07, 6.45) is 4.15. The van der Waals surface area contributed by atoms with Crippen molar-refractivity contribution in [2.75, 3.05) is 0 Å². The summed E-state index contributed by atoms with van der Waals surface area (Å²) in [6, 6.07) is 16.6. The van der Waals surface area contributed by atoms with E-state index in [1.807, 2.05) is 23.9 Å². The van der Waals surface area contributed by atoms with Gasteiger partial charge in [0.15, 0.2) is 6.29 Å². The molecule has 0 bridgehead atoms. The van der Waals surface area contributed by atoms with Gasteiger partial charge in [-0.15, -0.1) is 11.8 Å². The molecule has 1 atom stereocenters. The third-order valence-corrected chi connectivity index (χ3v) is 5.36. The quantitative estimate of drug-likeness (QED) is 0.676. The summed E-state index contributed by atoms with van der Waals surface area (Å²) in [7, 11) is 0. The predicted octanol–water partition coefficient (Wildman–Crippen LogP) is 4.17. The summed E-state index contributed by atoms with van der Waals surface area (Å²) < 4.78 is 2.22. The number of carbonyl (C=O) groups excluding carboxylic acids is 1. The lowest BCUT2D eigenvalue weighted by molar-refractivity contribution is 0.112. The highest BCUT2D eigenvalue weighted by Crippen LogP contribution is 2.38. The normalized spacial score (nSPS) is 17.0. The van der Waals surface area contributed by atoms with Crippen molar-refractivity contribution in [3.63, 3.8) is 0 Å². The van der Waals surface area contributed by atoms with Crippen LogP contribution in [0.5, 0.6) is 0 Å². The highest BCUT2D eigenvalue weighted by atomic mass is 32.2. The van der Waals surface area contributed by atoms with E-state index in [0.717, 1.165) is 35.7 Å². The lowest BCUT2D eigenvalue weighted by atomic mass is 10.1. The van der Waals surface area contributed by atoms with Crippen LogP contribution in [0.1, 0.15) is 15.9 Å². The van der Waals surface area contributed by atoms with E-state index < -0.39 is 0 Å². The molecule has 2 aromatic carbocycles. The first-order valence-electron chi connectivity index (χ1n) is 7.13. The van der Waals surface area contributed by atoms with E-state index in [4.69, 9.17) is 0 Å². The number of aldehydes is 1. The van der Waals surface area contributed by atoms with Gasteiger partial charge in [0.2, 0.25) is 0 Å². The van der Waals surface area contributed by atoms with Gasteiger partial charge in [-0.25, -0.2) is 0 Å². The van der Waals surface area contributed by atoms with Gasteiger partial charge in [-0.1, -0.05) is 30.3 Å². The van der Waals surface area contributed by atoms with Crippen molar-refractivity contribution < 1.29 is 4.79 Å². The first-order chi connectivity index (χ1) is 10.3. The van der Waals surface area contributed by atoms with Crippen molar-refractivity contribution in [3.8, 4) is 0 Å². The second-order valence-corrected chi connectivity index (χ2v) is 6.76. The van der Waals surface area contributed by atoms with Crippen molar-refractivity contribution in [2.24, 2.45) is 0 Å². The zero-order valence-corrected chi connectivity index (χ0v) is 12.3. The van der Waals surface area contributed by atoms with Gasteiger partial charge >= 0.3 is 0 Å². The van der Waals surface area contributed by atoms with Gasteiger partial charge in [-0.2, -0.15) is 0 Å². The van der Waals surface area contributed by atoms with Crippen LogP contribution in [-0.4, -0.2) is 16.1 Å². The fourth-order valence-electron chi connectivity index (χ4n) is 3.11.